The molecular weight excluding hydrogens is 197 g/mol. The number of carbonyl (C=O) groups is 1. The van der Waals surface area contributed by atoms with E-state index in [9.17, 15) is 24.6 Å². The summed E-state index contributed by atoms with van der Waals surface area (Å²) in [6, 6.07) is -1.43. The number of rotatable bonds is 5. The molecule has 0 aromatic carbocycles. The Bertz CT molecular complexity index is 178. The van der Waals surface area contributed by atoms with Crippen molar-refractivity contribution < 1.29 is 24.6 Å². The summed E-state index contributed by atoms with van der Waals surface area (Å²) in [6.07, 6.45) is 0.0385. The smallest absolute Gasteiger partial charge is 0.0800 e. The third kappa shape index (κ3) is 6.86. The second kappa shape index (κ2) is 4.83. The fourth-order valence-electron chi connectivity index (χ4n) is 0.864. The second-order valence-corrected chi connectivity index (χ2v) is 4.38. The summed E-state index contributed by atoms with van der Waals surface area (Å²) < 4.78 is 0. The number of carboxylic acid groups (broad SMARTS) is 1. The molecular formula is C6H11NO5P-3. The molecule has 0 rings (SSSR count). The van der Waals surface area contributed by atoms with Gasteiger partial charge < -0.3 is 24.6 Å². The van der Waals surface area contributed by atoms with Crippen molar-refractivity contribution in [3.63, 3.8) is 0 Å². The van der Waals surface area contributed by atoms with Crippen LogP contribution in [0.15, 0.2) is 0 Å². The van der Waals surface area contributed by atoms with E-state index in [1.54, 1.807) is 13.8 Å². The molecule has 0 aliphatic rings. The zero-order chi connectivity index (χ0) is 10.6. The monoisotopic (exact) mass is 208 g/mol. The molecule has 0 aromatic heterocycles. The summed E-state index contributed by atoms with van der Waals surface area (Å²) in [5.74, 6) is -1.62. The molecule has 1 unspecified atom stereocenters. The van der Waals surface area contributed by atoms with Crippen LogP contribution in [0.2, 0.25) is 0 Å². The zero-order valence-corrected chi connectivity index (χ0v) is 8.24. The van der Waals surface area contributed by atoms with Gasteiger partial charge in [0.1, 0.15) is 0 Å². The minimum atomic E-state index is -5.00. The number of hydrogen-bond donors (Lipinski definition) is 1. The molecule has 0 heterocycles. The third-order valence-corrected chi connectivity index (χ3v) is 1.93. The van der Waals surface area contributed by atoms with Crippen molar-refractivity contribution in [2.24, 2.45) is 5.92 Å². The topological polar surface area (TPSA) is 121 Å². The van der Waals surface area contributed by atoms with Gasteiger partial charge in [-0.05, 0) is 12.3 Å². The fourth-order valence-corrected chi connectivity index (χ4v) is 1.46. The summed E-state index contributed by atoms with van der Waals surface area (Å²) in [5.41, 5.74) is 0. The van der Waals surface area contributed by atoms with Crippen LogP contribution < -0.4 is 24.9 Å². The Kier molecular flexibility index (Phi) is 4.74. The Hall–Kier alpha value is -0.260. The first kappa shape index (κ1) is 12.7. The number of nitrogens with one attached hydrogen (secondary N) is 1. The lowest BCUT2D eigenvalue weighted by atomic mass is 10.1. The van der Waals surface area contributed by atoms with Crippen LogP contribution in [0.4, 0.5) is 0 Å². The van der Waals surface area contributed by atoms with E-state index in [1.807, 2.05) is 0 Å². The van der Waals surface area contributed by atoms with Gasteiger partial charge in [0.15, 0.2) is 0 Å². The normalized spacial score (nSPS) is 14.6. The highest BCUT2D eigenvalue weighted by Crippen LogP contribution is 2.23. The van der Waals surface area contributed by atoms with Crippen LogP contribution in [0.3, 0.4) is 0 Å². The Morgan fingerprint density at radius 1 is 1.38 bits per heavy atom. The summed E-state index contributed by atoms with van der Waals surface area (Å²) in [4.78, 5) is 40.9. The van der Waals surface area contributed by atoms with Crippen molar-refractivity contribution in [2.75, 3.05) is 0 Å². The van der Waals surface area contributed by atoms with Gasteiger partial charge in [-0.2, -0.15) is 0 Å². The van der Waals surface area contributed by atoms with E-state index in [0.717, 1.165) is 0 Å². The van der Waals surface area contributed by atoms with E-state index < -0.39 is 20.1 Å². The highest BCUT2D eigenvalue weighted by Gasteiger charge is 2.15. The van der Waals surface area contributed by atoms with Crippen LogP contribution in [-0.2, 0) is 4.79 Å². The van der Waals surface area contributed by atoms with Crippen molar-refractivity contribution >= 4 is 14.1 Å². The predicted octanol–water partition coefficient (Wildman–Crippen LogP) is -3.50. The van der Waals surface area contributed by atoms with E-state index >= 15 is 0 Å². The molecule has 0 radical (unpaired) electrons. The van der Waals surface area contributed by atoms with Crippen LogP contribution in [-0.4, -0.2) is 12.0 Å². The molecule has 0 aliphatic carbocycles. The third-order valence-electron chi connectivity index (χ3n) is 1.31. The molecule has 0 aliphatic heterocycles. The van der Waals surface area contributed by atoms with Gasteiger partial charge in [0.05, 0.1) is 12.0 Å². The van der Waals surface area contributed by atoms with Gasteiger partial charge in [0.2, 0.25) is 0 Å². The number of carboxylic acids is 1. The molecule has 1 atom stereocenters. The summed E-state index contributed by atoms with van der Waals surface area (Å²) >= 11 is 0. The molecule has 13 heavy (non-hydrogen) atoms. The highest BCUT2D eigenvalue weighted by molar-refractivity contribution is 7.52. The van der Waals surface area contributed by atoms with Crippen molar-refractivity contribution in [1.29, 1.82) is 0 Å². The zero-order valence-electron chi connectivity index (χ0n) is 7.35. The van der Waals surface area contributed by atoms with Crippen LogP contribution in [0, 0.1) is 5.92 Å². The molecule has 0 fully saturated rings. The summed E-state index contributed by atoms with van der Waals surface area (Å²) in [5, 5.41) is 11.8. The quantitative estimate of drug-likeness (QED) is 0.468. The largest absolute Gasteiger partial charge is 0.673 e. The first-order valence-corrected chi connectivity index (χ1v) is 5.27. The van der Waals surface area contributed by atoms with Gasteiger partial charge in [-0.3, -0.25) is 0 Å². The number of hydrogen-bond acceptors (Lipinski definition) is 6. The first-order valence-electron chi connectivity index (χ1n) is 3.73. The maximum atomic E-state index is 10.3. The van der Waals surface area contributed by atoms with Crippen molar-refractivity contribution in [3.8, 4) is 0 Å². The Balaban J connectivity index is 4.19. The lowest BCUT2D eigenvalue weighted by Gasteiger charge is -2.44. The van der Waals surface area contributed by atoms with Gasteiger partial charge in [-0.15, -0.1) is 0 Å². The number of carbonyl (C=O) groups excluding carboxylic acids is 1. The maximum absolute atomic E-state index is 10.3. The minimum Gasteiger partial charge on any atom is -0.673 e. The average Bonchev–Trinajstić information content (AvgIpc) is 1.81. The van der Waals surface area contributed by atoms with Crippen LogP contribution in [0.1, 0.15) is 20.3 Å². The Morgan fingerprint density at radius 3 is 2.08 bits per heavy atom. The van der Waals surface area contributed by atoms with Gasteiger partial charge in [-0.1, -0.05) is 21.9 Å². The predicted molar refractivity (Wildman–Crippen MR) is 38.3 cm³/mol. The van der Waals surface area contributed by atoms with Crippen LogP contribution >= 0.6 is 8.09 Å². The second-order valence-electron chi connectivity index (χ2n) is 3.13. The molecule has 0 bridgehead atoms. The SMILES string of the molecule is CC(C)CC(N[P+]([O-])([O-])[O-])C(=O)[O-]. The van der Waals surface area contributed by atoms with Gasteiger partial charge >= 0.3 is 0 Å². The molecule has 0 amide bonds. The molecule has 0 spiro atoms. The lowest BCUT2D eigenvalue weighted by Crippen LogP contribution is -2.53. The van der Waals surface area contributed by atoms with E-state index in [2.05, 4.69) is 0 Å². The van der Waals surface area contributed by atoms with Gasteiger partial charge in [-0.25, -0.2) is 5.09 Å². The summed E-state index contributed by atoms with van der Waals surface area (Å²) in [7, 11) is -5.00. The van der Waals surface area contributed by atoms with Gasteiger partial charge in [0.25, 0.3) is 0 Å². The van der Waals surface area contributed by atoms with E-state index in [-0.39, 0.29) is 12.3 Å². The lowest BCUT2D eigenvalue weighted by molar-refractivity contribution is -0.433. The van der Waals surface area contributed by atoms with E-state index in [0.29, 0.717) is 0 Å². The van der Waals surface area contributed by atoms with Crippen molar-refractivity contribution in [3.05, 3.63) is 0 Å². The van der Waals surface area contributed by atoms with Crippen molar-refractivity contribution in [1.82, 2.24) is 5.09 Å². The van der Waals surface area contributed by atoms with E-state index in [1.165, 1.54) is 5.09 Å². The fraction of sp³-hybridized carbons (Fsp3) is 0.833. The van der Waals surface area contributed by atoms with E-state index in [4.69, 9.17) is 0 Å². The highest BCUT2D eigenvalue weighted by atomic mass is 31.2. The first-order chi connectivity index (χ1) is 5.72. The molecule has 1 N–H and O–H groups in total. The average molecular weight is 208 g/mol. The van der Waals surface area contributed by atoms with Crippen molar-refractivity contribution in [2.45, 2.75) is 26.3 Å². The molecule has 7 heteroatoms. The summed E-state index contributed by atoms with van der Waals surface area (Å²) in [6.45, 7) is 3.41. The standard InChI is InChI=1S/C6H14NO5P/c1-4(2)3-5(6(8)9)7-13(10,11)12/h4-5H,3H2,1-2H3,(H,8,9)(H3,7,10,11,12)/p-3. The molecule has 0 saturated heterocycles. The molecule has 0 aromatic rings. The Morgan fingerprint density at radius 2 is 1.85 bits per heavy atom. The maximum Gasteiger partial charge on any atom is 0.0800 e. The molecule has 78 valence electrons. The van der Waals surface area contributed by atoms with Crippen LogP contribution in [0.5, 0.6) is 0 Å². The van der Waals surface area contributed by atoms with Gasteiger partial charge in [0, 0.05) is 0 Å². The number of aliphatic carboxylic acids is 1. The molecule has 0 saturated carbocycles. The molecule has 6 nitrogen and oxygen atoms in total. The minimum absolute atomic E-state index is 0.0385. The van der Waals surface area contributed by atoms with Crippen LogP contribution in [0.25, 0.3) is 0 Å². The Labute approximate surface area is 76.9 Å².